The zero-order valence-corrected chi connectivity index (χ0v) is 23.5. The number of sulfonamides is 1. The number of phenolic OH excluding ortho intramolecular Hbond substituents is 1. The molecule has 4 aromatic carbocycles. The van der Waals surface area contributed by atoms with Gasteiger partial charge in [-0.25, -0.2) is 13.8 Å². The van der Waals surface area contributed by atoms with Crippen LogP contribution in [0.2, 0.25) is 5.02 Å². The van der Waals surface area contributed by atoms with Crippen LogP contribution in [0.25, 0.3) is 0 Å². The summed E-state index contributed by atoms with van der Waals surface area (Å²) in [6, 6.07) is 24.5. The highest BCUT2D eigenvalue weighted by atomic mass is 35.5. The predicted molar refractivity (Wildman–Crippen MR) is 157 cm³/mol. The Morgan fingerprint density at radius 2 is 1.73 bits per heavy atom. The molecule has 0 fully saturated rings. The molecule has 0 aromatic heterocycles. The Bertz CT molecular complexity index is 1620. The van der Waals surface area contributed by atoms with Crippen LogP contribution in [0.4, 0.5) is 5.69 Å². The van der Waals surface area contributed by atoms with Crippen molar-refractivity contribution in [1.29, 1.82) is 0 Å². The fourth-order valence-electron chi connectivity index (χ4n) is 3.88. The van der Waals surface area contributed by atoms with Crippen LogP contribution in [0.1, 0.15) is 34.0 Å². The first-order chi connectivity index (χ1) is 19.2. The summed E-state index contributed by atoms with van der Waals surface area (Å²) in [6.07, 6.45) is 1.40. The van der Waals surface area contributed by atoms with Crippen molar-refractivity contribution in [3.63, 3.8) is 0 Å². The van der Waals surface area contributed by atoms with Crippen molar-refractivity contribution in [2.75, 3.05) is 10.9 Å². The lowest BCUT2D eigenvalue weighted by atomic mass is 10.1. The summed E-state index contributed by atoms with van der Waals surface area (Å²) in [7, 11) is -4.07. The van der Waals surface area contributed by atoms with Crippen LogP contribution in [0.5, 0.6) is 11.5 Å². The van der Waals surface area contributed by atoms with Crippen molar-refractivity contribution in [1.82, 2.24) is 5.43 Å². The molecule has 0 spiro atoms. The van der Waals surface area contributed by atoms with Gasteiger partial charge >= 0.3 is 0 Å². The summed E-state index contributed by atoms with van der Waals surface area (Å²) >= 11 is 6.04. The van der Waals surface area contributed by atoms with E-state index in [4.69, 9.17) is 16.3 Å². The van der Waals surface area contributed by atoms with E-state index in [0.29, 0.717) is 28.5 Å². The van der Waals surface area contributed by atoms with Crippen LogP contribution in [-0.2, 0) is 16.6 Å². The lowest BCUT2D eigenvalue weighted by Gasteiger charge is -2.26. The minimum Gasteiger partial charge on any atom is -0.504 e. The van der Waals surface area contributed by atoms with Gasteiger partial charge in [-0.15, -0.1) is 0 Å². The van der Waals surface area contributed by atoms with Gasteiger partial charge in [-0.1, -0.05) is 53.6 Å². The number of phenols is 1. The van der Waals surface area contributed by atoms with Gasteiger partial charge in [0.15, 0.2) is 11.5 Å². The Labute approximate surface area is 238 Å². The largest absolute Gasteiger partial charge is 0.504 e. The van der Waals surface area contributed by atoms with Crippen LogP contribution in [0.3, 0.4) is 0 Å². The molecule has 0 aliphatic rings. The van der Waals surface area contributed by atoms with Gasteiger partial charge in [0, 0.05) is 5.02 Å². The number of amides is 1. The maximum atomic E-state index is 13.9. The van der Waals surface area contributed by atoms with E-state index in [2.05, 4.69) is 10.5 Å². The molecular weight excluding hydrogens is 550 g/mol. The Kier molecular flexibility index (Phi) is 9.08. The third-order valence-corrected chi connectivity index (χ3v) is 7.96. The minimum atomic E-state index is -4.07. The van der Waals surface area contributed by atoms with Gasteiger partial charge in [-0.3, -0.25) is 9.10 Å². The van der Waals surface area contributed by atoms with E-state index < -0.39 is 15.9 Å². The molecule has 206 valence electrons. The van der Waals surface area contributed by atoms with E-state index in [1.807, 2.05) is 6.92 Å². The summed E-state index contributed by atoms with van der Waals surface area (Å²) in [5.74, 6) is -0.314. The van der Waals surface area contributed by atoms with E-state index in [0.717, 1.165) is 5.56 Å². The molecule has 2 N–H and O–H groups in total. The van der Waals surface area contributed by atoms with Gasteiger partial charge in [-0.2, -0.15) is 5.10 Å². The smallest absolute Gasteiger partial charge is 0.273 e. The first-order valence-corrected chi connectivity index (χ1v) is 14.2. The molecular formula is C30H28ClN3O5S. The molecule has 0 unspecified atom stereocenters. The molecule has 0 saturated carbocycles. The second-order valence-corrected chi connectivity index (χ2v) is 11.1. The van der Waals surface area contributed by atoms with Crippen LogP contribution in [-0.4, -0.2) is 32.3 Å². The number of carbonyl (C=O) groups excluding carboxylic acids is 1. The highest BCUT2D eigenvalue weighted by Crippen LogP contribution is 2.30. The summed E-state index contributed by atoms with van der Waals surface area (Å²) in [5.41, 5.74) is 4.96. The molecule has 40 heavy (non-hydrogen) atoms. The normalized spacial score (nSPS) is 11.4. The van der Waals surface area contributed by atoms with Crippen LogP contribution >= 0.6 is 11.6 Å². The van der Waals surface area contributed by atoms with Gasteiger partial charge in [0.25, 0.3) is 15.9 Å². The number of halogens is 1. The lowest BCUT2D eigenvalue weighted by molar-refractivity contribution is 0.0955. The third kappa shape index (κ3) is 6.80. The number of rotatable bonds is 10. The number of hydrogen-bond donors (Lipinski definition) is 2. The van der Waals surface area contributed by atoms with E-state index in [1.54, 1.807) is 85.8 Å². The first kappa shape index (κ1) is 28.7. The molecule has 0 aliphatic carbocycles. The monoisotopic (exact) mass is 577 g/mol. The number of aryl methyl sites for hydroxylation is 1. The van der Waals surface area contributed by atoms with Gasteiger partial charge < -0.3 is 9.84 Å². The number of nitrogens with one attached hydrogen (secondary N) is 1. The topological polar surface area (TPSA) is 108 Å². The molecule has 0 heterocycles. The molecule has 0 radical (unpaired) electrons. The fourth-order valence-corrected chi connectivity index (χ4v) is 5.48. The zero-order valence-electron chi connectivity index (χ0n) is 21.9. The molecule has 0 aliphatic heterocycles. The number of aromatic hydroxyl groups is 1. The first-order valence-electron chi connectivity index (χ1n) is 12.4. The summed E-state index contributed by atoms with van der Waals surface area (Å²) in [5, 5.41) is 14.4. The lowest BCUT2D eigenvalue weighted by Crippen LogP contribution is -2.33. The fraction of sp³-hybridized carbons (Fsp3) is 0.133. The average Bonchev–Trinajstić information content (AvgIpc) is 2.94. The van der Waals surface area contributed by atoms with Crippen molar-refractivity contribution in [2.45, 2.75) is 25.3 Å². The van der Waals surface area contributed by atoms with E-state index >= 15 is 0 Å². The highest BCUT2D eigenvalue weighted by molar-refractivity contribution is 7.92. The Morgan fingerprint density at radius 1 is 1.02 bits per heavy atom. The number of hydrazone groups is 1. The number of benzene rings is 4. The minimum absolute atomic E-state index is 0.00692. The second-order valence-electron chi connectivity index (χ2n) is 8.83. The number of carbonyl (C=O) groups is 1. The van der Waals surface area contributed by atoms with Crippen molar-refractivity contribution in [3.05, 3.63) is 118 Å². The Balaban J connectivity index is 1.67. The number of anilines is 1. The van der Waals surface area contributed by atoms with Gasteiger partial charge in [0.1, 0.15) is 0 Å². The maximum Gasteiger partial charge on any atom is 0.273 e. The molecule has 0 atom stereocenters. The number of para-hydroxylation sites is 1. The Hall–Kier alpha value is -4.34. The number of ether oxygens (including phenoxy) is 1. The van der Waals surface area contributed by atoms with E-state index in [-0.39, 0.29) is 28.4 Å². The van der Waals surface area contributed by atoms with Crippen molar-refractivity contribution >= 4 is 39.4 Å². The summed E-state index contributed by atoms with van der Waals surface area (Å²) < 4.78 is 34.4. The molecule has 1 amide bonds. The van der Waals surface area contributed by atoms with Crippen molar-refractivity contribution in [2.24, 2.45) is 5.10 Å². The van der Waals surface area contributed by atoms with Crippen molar-refractivity contribution < 1.29 is 23.1 Å². The standard InChI is InChI=1S/C30H28ClN3O5S/c1-3-39-29-18-23(12-17-28(29)35)19-32-33-30(36)26-6-4-5-7-27(26)34(20-22-10-13-24(31)14-11-22)40(37,38)25-15-8-21(2)9-16-25/h4-19,35H,3,20H2,1-2H3,(H,33,36)/b32-19-. The maximum absolute atomic E-state index is 13.9. The van der Waals surface area contributed by atoms with Gasteiger partial charge in [0.2, 0.25) is 0 Å². The highest BCUT2D eigenvalue weighted by Gasteiger charge is 2.28. The van der Waals surface area contributed by atoms with Crippen LogP contribution in [0.15, 0.2) is 101 Å². The number of nitrogens with zero attached hydrogens (tertiary/aromatic N) is 2. The predicted octanol–water partition coefficient (Wildman–Crippen LogP) is 5.91. The summed E-state index contributed by atoms with van der Waals surface area (Å²) in [6.45, 7) is 4.01. The van der Waals surface area contributed by atoms with Crippen molar-refractivity contribution in [3.8, 4) is 11.5 Å². The van der Waals surface area contributed by atoms with E-state index in [9.17, 15) is 18.3 Å². The summed E-state index contributed by atoms with van der Waals surface area (Å²) in [4.78, 5) is 13.4. The van der Waals surface area contributed by atoms with Crippen LogP contribution < -0.4 is 14.5 Å². The molecule has 0 bridgehead atoms. The molecule has 4 rings (SSSR count). The average molecular weight is 578 g/mol. The molecule has 4 aromatic rings. The van der Waals surface area contributed by atoms with Gasteiger partial charge in [-0.05, 0) is 79.6 Å². The third-order valence-electron chi connectivity index (χ3n) is 5.93. The van der Waals surface area contributed by atoms with Crippen LogP contribution in [0, 0.1) is 6.92 Å². The SMILES string of the molecule is CCOc1cc(/C=N\NC(=O)c2ccccc2N(Cc2ccc(Cl)cc2)S(=O)(=O)c2ccc(C)cc2)ccc1O. The molecule has 8 nitrogen and oxygen atoms in total. The van der Waals surface area contributed by atoms with E-state index in [1.165, 1.54) is 22.7 Å². The quantitative estimate of drug-likeness (QED) is 0.180. The Morgan fingerprint density at radius 3 is 2.42 bits per heavy atom. The zero-order chi connectivity index (χ0) is 28.7. The second kappa shape index (κ2) is 12.7. The molecule has 10 heteroatoms. The number of hydrogen-bond acceptors (Lipinski definition) is 6. The van der Waals surface area contributed by atoms with Gasteiger partial charge in [0.05, 0.1) is 35.5 Å². The molecule has 0 saturated heterocycles.